The Bertz CT molecular complexity index is 243. The van der Waals surface area contributed by atoms with Gasteiger partial charge in [0.25, 0.3) is 0 Å². The van der Waals surface area contributed by atoms with E-state index in [0.717, 1.165) is 6.42 Å². The maximum Gasteiger partial charge on any atom is 0.0302 e. The molecule has 0 aliphatic carbocycles. The van der Waals surface area contributed by atoms with Crippen molar-refractivity contribution >= 4 is 0 Å². The Morgan fingerprint density at radius 2 is 2.00 bits per heavy atom. The van der Waals surface area contributed by atoms with Gasteiger partial charge in [0.2, 0.25) is 0 Å². The number of aryl methyl sites for hydroxylation is 2. The molecule has 13 heavy (non-hydrogen) atoms. The Hall–Kier alpha value is -0.850. The minimum absolute atomic E-state index is 1.13. The minimum Gasteiger partial charge on any atom is -0.264 e. The fraction of sp³-hybridized carbons (Fsp3) is 0.583. The van der Waals surface area contributed by atoms with E-state index in [4.69, 9.17) is 0 Å². The molecule has 0 bridgehead atoms. The number of hydrogen-bond acceptors (Lipinski definition) is 1. The third-order valence-corrected chi connectivity index (χ3v) is 2.44. The molecular weight excluding hydrogens is 158 g/mol. The number of unbranched alkanes of at least 4 members (excludes halogenated alkanes) is 2. The summed E-state index contributed by atoms with van der Waals surface area (Å²) in [6.45, 7) is 4.45. The summed E-state index contributed by atoms with van der Waals surface area (Å²) in [4.78, 5) is 4.17. The monoisotopic (exact) mass is 177 g/mol. The van der Waals surface area contributed by atoms with E-state index in [1.54, 1.807) is 0 Å². The molecule has 1 aromatic heterocycles. The third-order valence-electron chi connectivity index (χ3n) is 2.44. The van der Waals surface area contributed by atoms with Crippen LogP contribution in [0, 0.1) is 0 Å². The van der Waals surface area contributed by atoms with Gasteiger partial charge in [-0.25, -0.2) is 0 Å². The normalized spacial score (nSPS) is 10.3. The largest absolute Gasteiger partial charge is 0.264 e. The molecule has 0 amide bonds. The van der Waals surface area contributed by atoms with Gasteiger partial charge in [-0.2, -0.15) is 0 Å². The van der Waals surface area contributed by atoms with E-state index in [2.05, 4.69) is 24.9 Å². The molecule has 0 fully saturated rings. The Labute approximate surface area is 81.2 Å². The lowest BCUT2D eigenvalue weighted by molar-refractivity contribution is 0.712. The first-order valence-corrected chi connectivity index (χ1v) is 5.30. The second-order valence-corrected chi connectivity index (χ2v) is 3.46. The predicted octanol–water partition coefficient (Wildman–Crippen LogP) is 3.38. The van der Waals surface area contributed by atoms with Gasteiger partial charge in [0.15, 0.2) is 0 Å². The van der Waals surface area contributed by atoms with Gasteiger partial charge in [0.05, 0.1) is 0 Å². The van der Waals surface area contributed by atoms with Gasteiger partial charge in [-0.3, -0.25) is 4.98 Å². The van der Waals surface area contributed by atoms with Crippen LogP contribution in [-0.2, 0) is 12.8 Å². The van der Waals surface area contributed by atoms with Crippen molar-refractivity contribution in [2.45, 2.75) is 46.0 Å². The zero-order valence-corrected chi connectivity index (χ0v) is 8.71. The smallest absolute Gasteiger partial charge is 0.0302 e. The van der Waals surface area contributed by atoms with Crippen LogP contribution in [0.15, 0.2) is 18.5 Å². The first-order valence-electron chi connectivity index (χ1n) is 5.30. The van der Waals surface area contributed by atoms with Crippen LogP contribution in [0.5, 0.6) is 0 Å². The molecule has 1 rings (SSSR count). The summed E-state index contributed by atoms with van der Waals surface area (Å²) < 4.78 is 0. The summed E-state index contributed by atoms with van der Waals surface area (Å²) >= 11 is 0. The number of aromatic nitrogens is 1. The first-order chi connectivity index (χ1) is 6.38. The van der Waals surface area contributed by atoms with E-state index >= 15 is 0 Å². The highest BCUT2D eigenvalue weighted by Crippen LogP contribution is 2.11. The Kier molecular flexibility index (Phi) is 4.52. The summed E-state index contributed by atoms with van der Waals surface area (Å²) in [5.41, 5.74) is 2.91. The lowest BCUT2D eigenvalue weighted by Gasteiger charge is -2.05. The van der Waals surface area contributed by atoms with Gasteiger partial charge in [0.1, 0.15) is 0 Å². The molecule has 1 nitrogen and oxygen atoms in total. The number of nitrogens with zero attached hydrogens (tertiary/aromatic N) is 1. The molecule has 0 radical (unpaired) electrons. The predicted molar refractivity (Wildman–Crippen MR) is 56.8 cm³/mol. The van der Waals surface area contributed by atoms with Crippen LogP contribution in [0.1, 0.15) is 44.2 Å². The molecule has 0 atom stereocenters. The SMILES string of the molecule is CCCCCc1cnccc1CC. The standard InChI is InChI=1S/C12H19N/c1-3-5-6-7-12-10-13-9-8-11(12)4-2/h8-10H,3-7H2,1-2H3. The van der Waals surface area contributed by atoms with Crippen molar-refractivity contribution in [1.29, 1.82) is 0 Å². The number of pyridine rings is 1. The van der Waals surface area contributed by atoms with Crippen LogP contribution in [-0.4, -0.2) is 4.98 Å². The molecule has 0 unspecified atom stereocenters. The summed E-state index contributed by atoms with van der Waals surface area (Å²) in [5, 5.41) is 0. The second-order valence-electron chi connectivity index (χ2n) is 3.46. The maximum absolute atomic E-state index is 4.17. The lowest BCUT2D eigenvalue weighted by atomic mass is 10.0. The molecule has 0 aliphatic rings. The van der Waals surface area contributed by atoms with Crippen LogP contribution < -0.4 is 0 Å². The number of hydrogen-bond donors (Lipinski definition) is 0. The topological polar surface area (TPSA) is 12.9 Å². The van der Waals surface area contributed by atoms with E-state index in [1.807, 2.05) is 12.4 Å². The summed E-state index contributed by atoms with van der Waals surface area (Å²) in [6.07, 6.45) is 10.2. The molecule has 0 aromatic carbocycles. The Morgan fingerprint density at radius 1 is 1.15 bits per heavy atom. The van der Waals surface area contributed by atoms with Crippen LogP contribution >= 0.6 is 0 Å². The van der Waals surface area contributed by atoms with Gasteiger partial charge in [-0.15, -0.1) is 0 Å². The van der Waals surface area contributed by atoms with E-state index in [-0.39, 0.29) is 0 Å². The van der Waals surface area contributed by atoms with Crippen molar-refractivity contribution in [2.24, 2.45) is 0 Å². The van der Waals surface area contributed by atoms with Crippen LogP contribution in [0.3, 0.4) is 0 Å². The van der Waals surface area contributed by atoms with Crippen molar-refractivity contribution in [3.8, 4) is 0 Å². The zero-order chi connectivity index (χ0) is 9.52. The van der Waals surface area contributed by atoms with Gasteiger partial charge < -0.3 is 0 Å². The number of rotatable bonds is 5. The van der Waals surface area contributed by atoms with Crippen molar-refractivity contribution < 1.29 is 0 Å². The highest BCUT2D eigenvalue weighted by molar-refractivity contribution is 5.23. The molecule has 0 saturated carbocycles. The molecule has 1 aromatic rings. The molecular formula is C12H19N. The first kappa shape index (κ1) is 10.2. The Morgan fingerprint density at radius 3 is 2.69 bits per heavy atom. The average Bonchev–Trinajstić information content (AvgIpc) is 2.19. The average molecular weight is 177 g/mol. The van der Waals surface area contributed by atoms with Gasteiger partial charge in [-0.1, -0.05) is 26.7 Å². The molecule has 1 heteroatoms. The van der Waals surface area contributed by atoms with Crippen molar-refractivity contribution in [2.75, 3.05) is 0 Å². The second kappa shape index (κ2) is 5.74. The van der Waals surface area contributed by atoms with Crippen molar-refractivity contribution in [3.63, 3.8) is 0 Å². The zero-order valence-electron chi connectivity index (χ0n) is 8.71. The fourth-order valence-electron chi connectivity index (χ4n) is 1.59. The van der Waals surface area contributed by atoms with Crippen LogP contribution in [0.2, 0.25) is 0 Å². The highest BCUT2D eigenvalue weighted by atomic mass is 14.6. The Balaban J connectivity index is 2.54. The molecule has 1 heterocycles. The van der Waals surface area contributed by atoms with E-state index in [0.29, 0.717) is 0 Å². The van der Waals surface area contributed by atoms with Crippen LogP contribution in [0.4, 0.5) is 0 Å². The van der Waals surface area contributed by atoms with Gasteiger partial charge in [-0.05, 0) is 36.5 Å². The van der Waals surface area contributed by atoms with Gasteiger partial charge in [0, 0.05) is 12.4 Å². The lowest BCUT2D eigenvalue weighted by Crippen LogP contribution is -1.93. The highest BCUT2D eigenvalue weighted by Gasteiger charge is 1.98. The van der Waals surface area contributed by atoms with Gasteiger partial charge >= 0.3 is 0 Å². The third kappa shape index (κ3) is 3.17. The summed E-state index contributed by atoms with van der Waals surface area (Å²) in [6, 6.07) is 2.14. The van der Waals surface area contributed by atoms with Crippen molar-refractivity contribution in [3.05, 3.63) is 29.6 Å². The fourth-order valence-corrected chi connectivity index (χ4v) is 1.59. The van der Waals surface area contributed by atoms with E-state index < -0.39 is 0 Å². The maximum atomic E-state index is 4.17. The van der Waals surface area contributed by atoms with Crippen molar-refractivity contribution in [1.82, 2.24) is 4.98 Å². The quantitative estimate of drug-likeness (QED) is 0.628. The van der Waals surface area contributed by atoms with E-state index in [1.165, 1.54) is 36.8 Å². The molecule has 0 aliphatic heterocycles. The summed E-state index contributed by atoms with van der Waals surface area (Å²) in [5.74, 6) is 0. The molecule has 0 saturated heterocycles. The minimum atomic E-state index is 1.13. The van der Waals surface area contributed by atoms with E-state index in [9.17, 15) is 0 Å². The van der Waals surface area contributed by atoms with Crippen LogP contribution in [0.25, 0.3) is 0 Å². The molecule has 0 spiro atoms. The molecule has 0 N–H and O–H groups in total. The summed E-state index contributed by atoms with van der Waals surface area (Å²) in [7, 11) is 0. The molecule has 72 valence electrons.